The summed E-state index contributed by atoms with van der Waals surface area (Å²) in [5.41, 5.74) is -0.168. The molecule has 1 N–H and O–H groups in total. The zero-order valence-corrected chi connectivity index (χ0v) is 16.8. The number of aromatic nitrogens is 2. The zero-order chi connectivity index (χ0) is 20.2. The first-order valence-corrected chi connectivity index (χ1v) is 11.1. The lowest BCUT2D eigenvalue weighted by molar-refractivity contribution is -0.116. The second-order valence-electron chi connectivity index (χ2n) is 5.30. The molecule has 7 nitrogen and oxygen atoms in total. The molecule has 0 aliphatic carbocycles. The van der Waals surface area contributed by atoms with Crippen molar-refractivity contribution in [3.63, 3.8) is 0 Å². The summed E-state index contributed by atoms with van der Waals surface area (Å²) in [6.07, 6.45) is 2.56. The van der Waals surface area contributed by atoms with E-state index in [1.165, 1.54) is 18.7 Å². The summed E-state index contributed by atoms with van der Waals surface area (Å²) in [5.74, 6) is -2.41. The van der Waals surface area contributed by atoms with Crippen molar-refractivity contribution in [1.82, 2.24) is 10.2 Å². The second-order valence-corrected chi connectivity index (χ2v) is 9.40. The van der Waals surface area contributed by atoms with Crippen LogP contribution in [0.5, 0.6) is 0 Å². The van der Waals surface area contributed by atoms with Crippen LogP contribution >= 0.6 is 23.1 Å². The topological polar surface area (TPSA) is 92.3 Å². The van der Waals surface area contributed by atoms with Gasteiger partial charge in [-0.15, -0.1) is 16.8 Å². The number of sulfonamides is 1. The summed E-state index contributed by atoms with van der Waals surface area (Å²) in [7, 11) is -3.96. The SMILES string of the molecule is C=CCSc1nnc(NC(=O)[C@@H](C)N(c2ccc(F)c(F)c2)S(C)(=O)=O)s1. The molecule has 12 heteroatoms. The number of anilines is 2. The van der Waals surface area contributed by atoms with Crippen molar-refractivity contribution in [2.24, 2.45) is 0 Å². The summed E-state index contributed by atoms with van der Waals surface area (Å²) < 4.78 is 52.3. The van der Waals surface area contributed by atoms with Crippen LogP contribution in [0.25, 0.3) is 0 Å². The Morgan fingerprint density at radius 3 is 2.70 bits per heavy atom. The fourth-order valence-corrected chi connectivity index (χ4v) is 4.77. The number of rotatable bonds is 8. The molecule has 27 heavy (non-hydrogen) atoms. The molecule has 0 unspecified atom stereocenters. The lowest BCUT2D eigenvalue weighted by Crippen LogP contribution is -2.45. The minimum atomic E-state index is -3.96. The Morgan fingerprint density at radius 1 is 1.41 bits per heavy atom. The number of hydrogen-bond donors (Lipinski definition) is 1. The molecule has 0 aliphatic rings. The van der Waals surface area contributed by atoms with Gasteiger partial charge in [-0.2, -0.15) is 0 Å². The Labute approximate surface area is 163 Å². The van der Waals surface area contributed by atoms with E-state index in [4.69, 9.17) is 0 Å². The van der Waals surface area contributed by atoms with Gasteiger partial charge in [0, 0.05) is 11.8 Å². The van der Waals surface area contributed by atoms with Crippen LogP contribution in [-0.2, 0) is 14.8 Å². The van der Waals surface area contributed by atoms with Crippen LogP contribution in [0.4, 0.5) is 19.6 Å². The van der Waals surface area contributed by atoms with Gasteiger partial charge in [0.25, 0.3) is 0 Å². The second kappa shape index (κ2) is 8.76. The molecule has 0 fully saturated rings. The number of halogens is 2. The maximum atomic E-state index is 13.5. The minimum absolute atomic E-state index is 0.168. The minimum Gasteiger partial charge on any atom is -0.299 e. The Bertz CT molecular complexity index is 950. The van der Waals surface area contributed by atoms with Crippen molar-refractivity contribution in [2.75, 3.05) is 21.6 Å². The number of nitrogens with one attached hydrogen (secondary N) is 1. The first kappa shape index (κ1) is 21.3. The molecular formula is C15H16F2N4O3S3. The third-order valence-corrected chi connectivity index (χ3v) is 6.42. The lowest BCUT2D eigenvalue weighted by Gasteiger charge is -2.27. The van der Waals surface area contributed by atoms with Gasteiger partial charge in [-0.3, -0.25) is 14.4 Å². The fraction of sp³-hybridized carbons (Fsp3) is 0.267. The van der Waals surface area contributed by atoms with Gasteiger partial charge in [0.05, 0.1) is 11.9 Å². The van der Waals surface area contributed by atoms with Crippen molar-refractivity contribution in [3.8, 4) is 0 Å². The van der Waals surface area contributed by atoms with Crippen molar-refractivity contribution in [3.05, 3.63) is 42.5 Å². The van der Waals surface area contributed by atoms with Crippen molar-refractivity contribution >= 4 is 49.8 Å². The van der Waals surface area contributed by atoms with E-state index < -0.39 is 33.6 Å². The van der Waals surface area contributed by atoms with Crippen LogP contribution in [0, 0.1) is 11.6 Å². The summed E-state index contributed by atoms with van der Waals surface area (Å²) in [4.78, 5) is 12.5. The van der Waals surface area contributed by atoms with Crippen LogP contribution in [-0.4, -0.2) is 42.6 Å². The Kier molecular flexibility index (Phi) is 6.89. The van der Waals surface area contributed by atoms with Gasteiger partial charge in [0.1, 0.15) is 6.04 Å². The van der Waals surface area contributed by atoms with Crippen molar-refractivity contribution in [1.29, 1.82) is 0 Å². The number of thioether (sulfide) groups is 1. The molecule has 1 heterocycles. The maximum Gasteiger partial charge on any atom is 0.249 e. The van der Waals surface area contributed by atoms with Gasteiger partial charge in [-0.05, 0) is 19.1 Å². The molecule has 0 radical (unpaired) electrons. The molecule has 2 aromatic rings. The van der Waals surface area contributed by atoms with Crippen LogP contribution in [0.2, 0.25) is 0 Å². The summed E-state index contributed by atoms with van der Waals surface area (Å²) in [6.45, 7) is 4.92. The molecule has 0 saturated heterocycles. The van der Waals surface area contributed by atoms with E-state index in [1.54, 1.807) is 6.08 Å². The normalized spacial score (nSPS) is 12.4. The highest BCUT2D eigenvalue weighted by atomic mass is 32.2. The van der Waals surface area contributed by atoms with Gasteiger partial charge in [-0.1, -0.05) is 29.2 Å². The number of nitrogens with zero attached hydrogens (tertiary/aromatic N) is 3. The smallest absolute Gasteiger partial charge is 0.249 e. The third-order valence-electron chi connectivity index (χ3n) is 3.21. The monoisotopic (exact) mass is 434 g/mol. The average molecular weight is 435 g/mol. The van der Waals surface area contributed by atoms with E-state index in [9.17, 15) is 22.0 Å². The third kappa shape index (κ3) is 5.47. The highest BCUT2D eigenvalue weighted by Gasteiger charge is 2.30. The molecule has 1 aromatic carbocycles. The number of hydrogen-bond acceptors (Lipinski definition) is 7. The zero-order valence-electron chi connectivity index (χ0n) is 14.3. The van der Waals surface area contributed by atoms with E-state index in [2.05, 4.69) is 22.1 Å². The van der Waals surface area contributed by atoms with Crippen LogP contribution in [0.1, 0.15) is 6.92 Å². The van der Waals surface area contributed by atoms with Gasteiger partial charge in [0.15, 0.2) is 16.0 Å². The number of carbonyl (C=O) groups excluding carboxylic acids is 1. The molecular weight excluding hydrogens is 418 g/mol. The largest absolute Gasteiger partial charge is 0.299 e. The van der Waals surface area contributed by atoms with Gasteiger partial charge in [-0.25, -0.2) is 17.2 Å². The van der Waals surface area contributed by atoms with E-state index in [-0.39, 0.29) is 10.8 Å². The average Bonchev–Trinajstić information content (AvgIpc) is 3.02. The highest BCUT2D eigenvalue weighted by molar-refractivity contribution is 8.01. The predicted molar refractivity (Wildman–Crippen MR) is 103 cm³/mol. The van der Waals surface area contributed by atoms with E-state index in [0.717, 1.165) is 35.8 Å². The highest BCUT2D eigenvalue weighted by Crippen LogP contribution is 2.27. The van der Waals surface area contributed by atoms with Gasteiger partial charge >= 0.3 is 0 Å². The molecule has 0 aliphatic heterocycles. The van der Waals surface area contributed by atoms with Crippen LogP contribution < -0.4 is 9.62 Å². The molecule has 1 aromatic heterocycles. The summed E-state index contributed by atoms with van der Waals surface area (Å²) in [5, 5.41) is 10.4. The maximum absolute atomic E-state index is 13.5. The van der Waals surface area contributed by atoms with E-state index in [0.29, 0.717) is 14.4 Å². The molecule has 1 amide bonds. The van der Waals surface area contributed by atoms with Crippen LogP contribution in [0.3, 0.4) is 0 Å². The molecule has 2 rings (SSSR count). The quantitative estimate of drug-likeness (QED) is 0.390. The molecule has 0 spiro atoms. The standard InChI is InChI=1S/C15H16F2N4O3S3/c1-4-7-25-15-20-19-14(26-15)18-13(22)9(2)21(27(3,23)24)10-5-6-11(16)12(17)8-10/h4-6,8-9H,1,7H2,2-3H3,(H,18,19,22)/t9-/m1/s1. The number of amides is 1. The number of benzene rings is 1. The predicted octanol–water partition coefficient (Wildman–Crippen LogP) is 2.89. The molecule has 0 bridgehead atoms. The Hall–Kier alpha value is -2.05. The molecule has 146 valence electrons. The van der Waals surface area contributed by atoms with Crippen molar-refractivity contribution in [2.45, 2.75) is 17.3 Å². The fourth-order valence-electron chi connectivity index (χ4n) is 2.09. The van der Waals surface area contributed by atoms with E-state index >= 15 is 0 Å². The Balaban J connectivity index is 2.23. The van der Waals surface area contributed by atoms with Crippen molar-refractivity contribution < 1.29 is 22.0 Å². The molecule has 0 saturated carbocycles. The summed E-state index contributed by atoms with van der Waals surface area (Å²) in [6, 6.07) is 1.35. The van der Waals surface area contributed by atoms with E-state index in [1.807, 2.05) is 0 Å². The van der Waals surface area contributed by atoms with Crippen LogP contribution in [0.15, 0.2) is 35.2 Å². The Morgan fingerprint density at radius 2 is 2.11 bits per heavy atom. The lowest BCUT2D eigenvalue weighted by atomic mass is 10.2. The first-order valence-electron chi connectivity index (χ1n) is 7.46. The van der Waals surface area contributed by atoms with Gasteiger partial charge < -0.3 is 0 Å². The summed E-state index contributed by atoms with van der Waals surface area (Å²) >= 11 is 2.50. The molecule has 1 atom stereocenters. The number of carbonyl (C=O) groups is 1. The first-order chi connectivity index (χ1) is 12.6. The van der Waals surface area contributed by atoms with Gasteiger partial charge in [0.2, 0.25) is 21.1 Å².